The normalized spacial score (nSPS) is 16.4. The Morgan fingerprint density at radius 2 is 1.83 bits per heavy atom. The highest BCUT2D eigenvalue weighted by molar-refractivity contribution is 5.76. The van der Waals surface area contributed by atoms with E-state index in [0.717, 1.165) is 12.8 Å². The Balaban J connectivity index is 2.03. The molecule has 0 aromatic rings. The van der Waals surface area contributed by atoms with Crippen LogP contribution < -0.4 is 16.0 Å². The molecule has 1 saturated carbocycles. The van der Waals surface area contributed by atoms with Gasteiger partial charge in [0, 0.05) is 31.5 Å². The third kappa shape index (κ3) is 9.76. The molecule has 0 radical (unpaired) electrons. The number of hydrogen-bond acceptors (Lipinski definition) is 3. The zero-order chi connectivity index (χ0) is 17.1. The summed E-state index contributed by atoms with van der Waals surface area (Å²) in [6.45, 7) is 2.24. The van der Waals surface area contributed by atoms with Crippen molar-refractivity contribution in [1.29, 1.82) is 0 Å². The predicted octanol–water partition coefficient (Wildman–Crippen LogP) is 1.77. The topological polar surface area (TPSA) is 108 Å². The Morgan fingerprint density at radius 3 is 2.48 bits per heavy atom. The molecule has 3 amide bonds. The second kappa shape index (κ2) is 10.9. The van der Waals surface area contributed by atoms with Gasteiger partial charge in [-0.1, -0.05) is 19.3 Å². The van der Waals surface area contributed by atoms with Gasteiger partial charge >= 0.3 is 12.0 Å². The minimum Gasteiger partial charge on any atom is -0.481 e. The first kappa shape index (κ1) is 19.3. The molecule has 4 N–H and O–H groups in total. The van der Waals surface area contributed by atoms with Crippen molar-refractivity contribution in [2.75, 3.05) is 6.54 Å². The van der Waals surface area contributed by atoms with Crippen molar-refractivity contribution in [3.05, 3.63) is 0 Å². The molecule has 7 heteroatoms. The zero-order valence-corrected chi connectivity index (χ0v) is 13.9. The van der Waals surface area contributed by atoms with E-state index in [9.17, 15) is 14.4 Å². The number of carboxylic acids is 1. The molecule has 0 saturated heterocycles. The van der Waals surface area contributed by atoms with Gasteiger partial charge < -0.3 is 21.1 Å². The molecule has 132 valence electrons. The van der Waals surface area contributed by atoms with Gasteiger partial charge in [-0.2, -0.15) is 0 Å². The fraction of sp³-hybridized carbons (Fsp3) is 0.812. The van der Waals surface area contributed by atoms with Crippen molar-refractivity contribution in [3.63, 3.8) is 0 Å². The SMILES string of the molecule is CC(CCC(=O)O)NC(=O)CCCNC(=O)NC1CCCCC1. The highest BCUT2D eigenvalue weighted by atomic mass is 16.4. The monoisotopic (exact) mass is 327 g/mol. The van der Waals surface area contributed by atoms with E-state index >= 15 is 0 Å². The molecule has 0 aromatic carbocycles. The largest absolute Gasteiger partial charge is 0.481 e. The first-order valence-corrected chi connectivity index (χ1v) is 8.53. The molecule has 1 unspecified atom stereocenters. The molecule has 0 spiro atoms. The standard InChI is InChI=1S/C16H29N3O4/c1-12(9-10-15(21)22)18-14(20)8-5-11-17-16(23)19-13-6-3-2-4-7-13/h12-13H,2-11H2,1H3,(H,18,20)(H,21,22)(H2,17,19,23). The predicted molar refractivity (Wildman–Crippen MR) is 87.1 cm³/mol. The summed E-state index contributed by atoms with van der Waals surface area (Å²) >= 11 is 0. The average Bonchev–Trinajstić information content (AvgIpc) is 2.50. The van der Waals surface area contributed by atoms with E-state index in [0.29, 0.717) is 25.8 Å². The van der Waals surface area contributed by atoms with Crippen LogP contribution in [0.25, 0.3) is 0 Å². The Labute approximate surface area is 137 Å². The van der Waals surface area contributed by atoms with E-state index < -0.39 is 5.97 Å². The molecule has 1 fully saturated rings. The average molecular weight is 327 g/mol. The number of hydrogen-bond donors (Lipinski definition) is 4. The van der Waals surface area contributed by atoms with Gasteiger partial charge in [0.25, 0.3) is 0 Å². The lowest BCUT2D eigenvalue weighted by molar-refractivity contribution is -0.137. The summed E-state index contributed by atoms with van der Waals surface area (Å²) in [6, 6.07) is -0.0320. The number of nitrogens with one attached hydrogen (secondary N) is 3. The highest BCUT2D eigenvalue weighted by Gasteiger charge is 2.15. The summed E-state index contributed by atoms with van der Waals surface area (Å²) in [4.78, 5) is 33.8. The van der Waals surface area contributed by atoms with Crippen molar-refractivity contribution in [3.8, 4) is 0 Å². The van der Waals surface area contributed by atoms with Gasteiger partial charge in [0.2, 0.25) is 5.91 Å². The molecule has 7 nitrogen and oxygen atoms in total. The van der Waals surface area contributed by atoms with Gasteiger partial charge in [-0.25, -0.2) is 4.79 Å². The van der Waals surface area contributed by atoms with Gasteiger partial charge in [-0.3, -0.25) is 9.59 Å². The first-order valence-electron chi connectivity index (χ1n) is 8.53. The maximum Gasteiger partial charge on any atom is 0.315 e. The Morgan fingerprint density at radius 1 is 1.13 bits per heavy atom. The molecule has 0 aromatic heterocycles. The van der Waals surface area contributed by atoms with Crippen LogP contribution in [-0.4, -0.2) is 41.6 Å². The van der Waals surface area contributed by atoms with E-state index in [1.165, 1.54) is 19.3 Å². The second-order valence-electron chi connectivity index (χ2n) is 6.24. The molecule has 0 bridgehead atoms. The van der Waals surface area contributed by atoms with Gasteiger partial charge in [0.05, 0.1) is 0 Å². The van der Waals surface area contributed by atoms with Gasteiger partial charge in [0.1, 0.15) is 0 Å². The van der Waals surface area contributed by atoms with Gasteiger partial charge in [-0.05, 0) is 32.6 Å². The van der Waals surface area contributed by atoms with Gasteiger partial charge in [-0.15, -0.1) is 0 Å². The van der Waals surface area contributed by atoms with E-state index in [1.54, 1.807) is 6.92 Å². The lowest BCUT2D eigenvalue weighted by Gasteiger charge is -2.22. The number of carbonyl (C=O) groups excluding carboxylic acids is 2. The second-order valence-corrected chi connectivity index (χ2v) is 6.24. The molecule has 23 heavy (non-hydrogen) atoms. The molecule has 0 aliphatic heterocycles. The van der Waals surface area contributed by atoms with Crippen LogP contribution in [0.1, 0.15) is 64.7 Å². The molecule has 1 rings (SSSR count). The number of amides is 3. The summed E-state index contributed by atoms with van der Waals surface area (Å²) in [5.41, 5.74) is 0. The smallest absolute Gasteiger partial charge is 0.315 e. The van der Waals surface area contributed by atoms with Crippen LogP contribution in [0.3, 0.4) is 0 Å². The van der Waals surface area contributed by atoms with Crippen LogP contribution in [0.15, 0.2) is 0 Å². The van der Waals surface area contributed by atoms with E-state index in [2.05, 4.69) is 16.0 Å². The van der Waals surface area contributed by atoms with Crippen molar-refractivity contribution < 1.29 is 19.5 Å². The fourth-order valence-electron chi connectivity index (χ4n) is 2.69. The summed E-state index contributed by atoms with van der Waals surface area (Å²) < 4.78 is 0. The van der Waals surface area contributed by atoms with Crippen molar-refractivity contribution >= 4 is 17.9 Å². The van der Waals surface area contributed by atoms with Crippen molar-refractivity contribution in [2.24, 2.45) is 0 Å². The molecule has 1 aliphatic carbocycles. The first-order chi connectivity index (χ1) is 11.0. The van der Waals surface area contributed by atoms with E-state index in [4.69, 9.17) is 5.11 Å². The molecule has 0 heterocycles. The summed E-state index contributed by atoms with van der Waals surface area (Å²) in [6.07, 6.45) is 7.04. The lowest BCUT2D eigenvalue weighted by atomic mass is 9.96. The maximum absolute atomic E-state index is 11.7. The Kier molecular flexibility index (Phi) is 9.09. The Bertz CT molecular complexity index is 395. The van der Waals surface area contributed by atoms with Crippen molar-refractivity contribution in [2.45, 2.75) is 76.8 Å². The van der Waals surface area contributed by atoms with Crippen molar-refractivity contribution in [1.82, 2.24) is 16.0 Å². The molecular weight excluding hydrogens is 298 g/mol. The fourth-order valence-corrected chi connectivity index (χ4v) is 2.69. The number of carboxylic acid groups (broad SMARTS) is 1. The summed E-state index contributed by atoms with van der Waals surface area (Å²) in [5, 5.41) is 17.1. The van der Waals surface area contributed by atoms with E-state index in [1.807, 2.05) is 0 Å². The summed E-state index contributed by atoms with van der Waals surface area (Å²) in [5.74, 6) is -0.975. The highest BCUT2D eigenvalue weighted by Crippen LogP contribution is 2.17. The Hall–Kier alpha value is -1.79. The van der Waals surface area contributed by atoms with Crippen LogP contribution in [0.5, 0.6) is 0 Å². The van der Waals surface area contributed by atoms with Gasteiger partial charge in [0.15, 0.2) is 0 Å². The third-order valence-electron chi connectivity index (χ3n) is 4.01. The van der Waals surface area contributed by atoms with Crippen LogP contribution in [0, 0.1) is 0 Å². The maximum atomic E-state index is 11.7. The molecule has 1 aliphatic rings. The van der Waals surface area contributed by atoms with Crippen LogP contribution in [-0.2, 0) is 9.59 Å². The van der Waals surface area contributed by atoms with Crippen LogP contribution in [0.2, 0.25) is 0 Å². The number of urea groups is 1. The summed E-state index contributed by atoms with van der Waals surface area (Å²) in [7, 11) is 0. The number of rotatable bonds is 9. The molecule has 1 atom stereocenters. The molecular formula is C16H29N3O4. The van der Waals surface area contributed by atoms with E-state index in [-0.39, 0.29) is 30.4 Å². The number of carbonyl (C=O) groups is 3. The number of aliphatic carboxylic acids is 1. The minimum atomic E-state index is -0.862. The minimum absolute atomic E-state index is 0.0460. The third-order valence-corrected chi connectivity index (χ3v) is 4.01. The zero-order valence-electron chi connectivity index (χ0n) is 13.9. The lowest BCUT2D eigenvalue weighted by Crippen LogP contribution is -2.43. The van der Waals surface area contributed by atoms with Crippen LogP contribution >= 0.6 is 0 Å². The van der Waals surface area contributed by atoms with Crippen LogP contribution in [0.4, 0.5) is 4.79 Å². The quantitative estimate of drug-likeness (QED) is 0.484.